The number of benzene rings is 2. The van der Waals surface area contributed by atoms with E-state index in [9.17, 15) is 0 Å². The molecule has 2 aromatic carbocycles. The molecular formula is C19H25N3O2. The highest BCUT2D eigenvalue weighted by Gasteiger charge is 2.05. The Morgan fingerprint density at radius 2 is 1.67 bits per heavy atom. The van der Waals surface area contributed by atoms with Gasteiger partial charge in [-0.3, -0.25) is 4.99 Å². The van der Waals surface area contributed by atoms with Crippen molar-refractivity contribution in [3.05, 3.63) is 59.7 Å². The van der Waals surface area contributed by atoms with Gasteiger partial charge in [0, 0.05) is 20.1 Å². The predicted molar refractivity (Wildman–Crippen MR) is 97.9 cm³/mol. The fourth-order valence-corrected chi connectivity index (χ4v) is 2.37. The van der Waals surface area contributed by atoms with Gasteiger partial charge in [0.1, 0.15) is 0 Å². The van der Waals surface area contributed by atoms with Gasteiger partial charge in [0.25, 0.3) is 0 Å². The molecular weight excluding hydrogens is 302 g/mol. The average Bonchev–Trinajstić information content (AvgIpc) is 2.65. The molecule has 0 unspecified atom stereocenters. The number of ether oxygens (including phenoxy) is 2. The molecule has 0 heterocycles. The van der Waals surface area contributed by atoms with E-state index in [0.29, 0.717) is 6.54 Å². The summed E-state index contributed by atoms with van der Waals surface area (Å²) >= 11 is 0. The maximum absolute atomic E-state index is 5.33. The summed E-state index contributed by atoms with van der Waals surface area (Å²) in [4.78, 5) is 4.25. The minimum absolute atomic E-state index is 0.658. The van der Waals surface area contributed by atoms with Crippen LogP contribution in [0, 0.1) is 0 Å². The molecule has 0 saturated carbocycles. The Balaban J connectivity index is 1.83. The van der Waals surface area contributed by atoms with Gasteiger partial charge in [-0.25, -0.2) is 0 Å². The van der Waals surface area contributed by atoms with E-state index in [1.165, 1.54) is 5.56 Å². The molecule has 0 radical (unpaired) electrons. The molecule has 0 fully saturated rings. The third-order valence-corrected chi connectivity index (χ3v) is 3.68. The Kier molecular flexibility index (Phi) is 6.95. The quantitative estimate of drug-likeness (QED) is 0.606. The number of guanidine groups is 1. The van der Waals surface area contributed by atoms with Gasteiger partial charge in [-0.05, 0) is 29.7 Å². The molecule has 2 N–H and O–H groups in total. The van der Waals surface area contributed by atoms with Gasteiger partial charge < -0.3 is 20.1 Å². The molecule has 5 nitrogen and oxygen atoms in total. The summed E-state index contributed by atoms with van der Waals surface area (Å²) in [5.41, 5.74) is 2.40. The zero-order valence-electron chi connectivity index (χ0n) is 14.5. The SMILES string of the molecule is CN=C(NCCc1ccccc1)NCc1ccc(OC)c(OC)c1. The van der Waals surface area contributed by atoms with E-state index in [2.05, 4.69) is 39.9 Å². The highest BCUT2D eigenvalue weighted by molar-refractivity contribution is 5.79. The minimum atomic E-state index is 0.658. The van der Waals surface area contributed by atoms with Gasteiger partial charge in [0.2, 0.25) is 0 Å². The van der Waals surface area contributed by atoms with Crippen LogP contribution in [0.2, 0.25) is 0 Å². The summed E-state index contributed by atoms with van der Waals surface area (Å²) in [6.07, 6.45) is 0.956. The summed E-state index contributed by atoms with van der Waals surface area (Å²) in [6.45, 7) is 1.49. The van der Waals surface area contributed by atoms with Crippen molar-refractivity contribution >= 4 is 5.96 Å². The number of aliphatic imine (C=N–C) groups is 1. The molecule has 24 heavy (non-hydrogen) atoms. The van der Waals surface area contributed by atoms with Crippen LogP contribution < -0.4 is 20.1 Å². The fraction of sp³-hybridized carbons (Fsp3) is 0.316. The van der Waals surface area contributed by atoms with E-state index in [0.717, 1.165) is 36.0 Å². The second kappa shape index (κ2) is 9.45. The first-order valence-corrected chi connectivity index (χ1v) is 7.96. The van der Waals surface area contributed by atoms with Crippen molar-refractivity contribution in [1.29, 1.82) is 0 Å². The minimum Gasteiger partial charge on any atom is -0.493 e. The van der Waals surface area contributed by atoms with Gasteiger partial charge in [0.05, 0.1) is 14.2 Å². The largest absolute Gasteiger partial charge is 0.493 e. The van der Waals surface area contributed by atoms with Crippen LogP contribution in [-0.2, 0) is 13.0 Å². The number of hydrogen-bond acceptors (Lipinski definition) is 3. The van der Waals surface area contributed by atoms with Crippen molar-refractivity contribution in [3.8, 4) is 11.5 Å². The van der Waals surface area contributed by atoms with E-state index < -0.39 is 0 Å². The molecule has 0 saturated heterocycles. The van der Waals surface area contributed by atoms with E-state index in [-0.39, 0.29) is 0 Å². The van der Waals surface area contributed by atoms with Crippen molar-refractivity contribution in [2.24, 2.45) is 4.99 Å². The molecule has 0 aliphatic heterocycles. The normalized spacial score (nSPS) is 11.0. The third-order valence-electron chi connectivity index (χ3n) is 3.68. The summed E-state index contributed by atoms with van der Waals surface area (Å²) < 4.78 is 10.6. The van der Waals surface area contributed by atoms with E-state index in [1.54, 1.807) is 21.3 Å². The second-order valence-electron chi connectivity index (χ2n) is 5.28. The van der Waals surface area contributed by atoms with Gasteiger partial charge in [-0.15, -0.1) is 0 Å². The standard InChI is InChI=1S/C19H25N3O2/c1-20-19(21-12-11-15-7-5-4-6-8-15)22-14-16-9-10-17(23-2)18(13-16)24-3/h4-10,13H,11-12,14H2,1-3H3,(H2,20,21,22). The Morgan fingerprint density at radius 3 is 2.33 bits per heavy atom. The Labute approximate surface area is 143 Å². The summed E-state index contributed by atoms with van der Waals surface area (Å²) in [6, 6.07) is 16.3. The monoisotopic (exact) mass is 327 g/mol. The maximum Gasteiger partial charge on any atom is 0.191 e. The lowest BCUT2D eigenvalue weighted by Crippen LogP contribution is -2.37. The van der Waals surface area contributed by atoms with Gasteiger partial charge in [-0.1, -0.05) is 36.4 Å². The molecule has 5 heteroatoms. The van der Waals surface area contributed by atoms with E-state index >= 15 is 0 Å². The van der Waals surface area contributed by atoms with Crippen molar-refractivity contribution in [2.75, 3.05) is 27.8 Å². The lowest BCUT2D eigenvalue weighted by molar-refractivity contribution is 0.354. The van der Waals surface area contributed by atoms with Crippen LogP contribution in [-0.4, -0.2) is 33.8 Å². The number of nitrogens with zero attached hydrogens (tertiary/aromatic N) is 1. The lowest BCUT2D eigenvalue weighted by Gasteiger charge is -2.13. The van der Waals surface area contributed by atoms with Crippen LogP contribution in [0.4, 0.5) is 0 Å². The molecule has 2 aromatic rings. The Bertz CT molecular complexity index is 657. The fourth-order valence-electron chi connectivity index (χ4n) is 2.37. The first-order chi connectivity index (χ1) is 11.8. The second-order valence-corrected chi connectivity index (χ2v) is 5.28. The number of rotatable bonds is 7. The highest BCUT2D eigenvalue weighted by Crippen LogP contribution is 2.27. The molecule has 0 aromatic heterocycles. The highest BCUT2D eigenvalue weighted by atomic mass is 16.5. The molecule has 0 atom stereocenters. The van der Waals surface area contributed by atoms with Crippen LogP contribution in [0.3, 0.4) is 0 Å². The van der Waals surface area contributed by atoms with Gasteiger partial charge in [-0.2, -0.15) is 0 Å². The number of hydrogen-bond donors (Lipinski definition) is 2. The molecule has 0 aliphatic carbocycles. The maximum atomic E-state index is 5.33. The molecule has 0 bridgehead atoms. The molecule has 0 amide bonds. The summed E-state index contributed by atoms with van der Waals surface area (Å²) in [7, 11) is 5.04. The third kappa shape index (κ3) is 5.19. The molecule has 0 aliphatic rings. The first-order valence-electron chi connectivity index (χ1n) is 7.96. The van der Waals surface area contributed by atoms with Crippen LogP contribution in [0.15, 0.2) is 53.5 Å². The number of nitrogens with one attached hydrogen (secondary N) is 2. The Morgan fingerprint density at radius 1 is 0.917 bits per heavy atom. The van der Waals surface area contributed by atoms with Crippen molar-refractivity contribution < 1.29 is 9.47 Å². The summed E-state index contributed by atoms with van der Waals surface area (Å²) in [5.74, 6) is 2.23. The zero-order chi connectivity index (χ0) is 17.2. The van der Waals surface area contributed by atoms with Crippen LogP contribution in [0.5, 0.6) is 11.5 Å². The number of methoxy groups -OCH3 is 2. The van der Waals surface area contributed by atoms with E-state index in [4.69, 9.17) is 9.47 Å². The molecule has 0 spiro atoms. The predicted octanol–water partition coefficient (Wildman–Crippen LogP) is 2.61. The van der Waals surface area contributed by atoms with Crippen molar-refractivity contribution in [1.82, 2.24) is 10.6 Å². The molecule has 128 valence electrons. The topological polar surface area (TPSA) is 54.9 Å². The van der Waals surface area contributed by atoms with Crippen LogP contribution >= 0.6 is 0 Å². The van der Waals surface area contributed by atoms with Crippen LogP contribution in [0.25, 0.3) is 0 Å². The van der Waals surface area contributed by atoms with Gasteiger partial charge >= 0.3 is 0 Å². The zero-order valence-corrected chi connectivity index (χ0v) is 14.5. The van der Waals surface area contributed by atoms with Crippen LogP contribution in [0.1, 0.15) is 11.1 Å². The summed E-state index contributed by atoms with van der Waals surface area (Å²) in [5, 5.41) is 6.63. The Hall–Kier alpha value is -2.69. The smallest absolute Gasteiger partial charge is 0.191 e. The lowest BCUT2D eigenvalue weighted by atomic mass is 10.1. The molecule has 2 rings (SSSR count). The van der Waals surface area contributed by atoms with Gasteiger partial charge in [0.15, 0.2) is 17.5 Å². The van der Waals surface area contributed by atoms with Crippen molar-refractivity contribution in [2.45, 2.75) is 13.0 Å². The van der Waals surface area contributed by atoms with E-state index in [1.807, 2.05) is 24.3 Å². The first kappa shape index (κ1) is 17.7. The van der Waals surface area contributed by atoms with Crippen molar-refractivity contribution in [3.63, 3.8) is 0 Å². The average molecular weight is 327 g/mol.